The molecule has 0 bridgehead atoms. The van der Waals surface area contributed by atoms with Gasteiger partial charge >= 0.3 is 0 Å². The van der Waals surface area contributed by atoms with E-state index in [1.54, 1.807) is 0 Å². The molecule has 2 N–H and O–H groups in total. The van der Waals surface area contributed by atoms with Crippen LogP contribution in [-0.4, -0.2) is 9.56 Å². The molecule has 1 heterocycles. The fourth-order valence-electron chi connectivity index (χ4n) is 2.73. The minimum atomic E-state index is 0.449. The maximum atomic E-state index is 5.81. The fourth-order valence-corrected chi connectivity index (χ4v) is 2.91. The quantitative estimate of drug-likeness (QED) is 0.742. The van der Waals surface area contributed by atoms with E-state index >= 15 is 0 Å². The molecule has 0 radical (unpaired) electrons. The molecule has 0 spiro atoms. The third-order valence-electron chi connectivity index (χ3n) is 3.92. The van der Waals surface area contributed by atoms with E-state index < -0.39 is 0 Å². The van der Waals surface area contributed by atoms with Crippen LogP contribution in [0, 0.1) is 13.8 Å². The van der Waals surface area contributed by atoms with Crippen molar-refractivity contribution >= 4 is 28.1 Å². The van der Waals surface area contributed by atoms with Gasteiger partial charge in [-0.05, 0) is 37.1 Å². The molecular formula is C18H18N2S. The predicted molar refractivity (Wildman–Crippen MR) is 92.8 cm³/mol. The van der Waals surface area contributed by atoms with Gasteiger partial charge in [0, 0.05) is 29.2 Å². The maximum absolute atomic E-state index is 5.81. The molecular weight excluding hydrogens is 276 g/mol. The van der Waals surface area contributed by atoms with Crippen LogP contribution in [0.2, 0.25) is 0 Å². The van der Waals surface area contributed by atoms with Gasteiger partial charge in [0.15, 0.2) is 0 Å². The second kappa shape index (κ2) is 5.34. The molecule has 3 rings (SSSR count). The molecule has 21 heavy (non-hydrogen) atoms. The average Bonchev–Trinajstić information content (AvgIpc) is 2.86. The van der Waals surface area contributed by atoms with Crippen molar-refractivity contribution in [1.29, 1.82) is 0 Å². The first-order valence-electron chi connectivity index (χ1n) is 7.00. The number of hydrogen-bond donors (Lipinski definition) is 1. The van der Waals surface area contributed by atoms with E-state index in [1.807, 2.05) is 12.1 Å². The lowest BCUT2D eigenvalue weighted by Gasteiger charge is -2.10. The minimum Gasteiger partial charge on any atom is -0.389 e. The van der Waals surface area contributed by atoms with Crippen LogP contribution >= 0.6 is 12.2 Å². The Morgan fingerprint density at radius 3 is 2.71 bits per heavy atom. The van der Waals surface area contributed by atoms with Gasteiger partial charge < -0.3 is 10.3 Å². The molecule has 0 aliphatic heterocycles. The Morgan fingerprint density at radius 1 is 1.14 bits per heavy atom. The van der Waals surface area contributed by atoms with E-state index in [1.165, 1.54) is 22.2 Å². The number of benzene rings is 2. The molecule has 0 fully saturated rings. The van der Waals surface area contributed by atoms with Gasteiger partial charge in [-0.1, -0.05) is 48.1 Å². The average molecular weight is 294 g/mol. The van der Waals surface area contributed by atoms with Crippen molar-refractivity contribution < 1.29 is 0 Å². The lowest BCUT2D eigenvalue weighted by molar-refractivity contribution is 0.829. The zero-order chi connectivity index (χ0) is 15.0. The van der Waals surface area contributed by atoms with Gasteiger partial charge in [-0.3, -0.25) is 0 Å². The van der Waals surface area contributed by atoms with Crippen molar-refractivity contribution in [3.8, 4) is 0 Å². The van der Waals surface area contributed by atoms with Crippen LogP contribution in [0.3, 0.4) is 0 Å². The Morgan fingerprint density at radius 2 is 1.95 bits per heavy atom. The fraction of sp³-hybridized carbons (Fsp3) is 0.167. The zero-order valence-corrected chi connectivity index (χ0v) is 13.1. The molecule has 0 aliphatic rings. The number of rotatable bonds is 3. The highest BCUT2D eigenvalue weighted by Gasteiger charge is 2.08. The summed E-state index contributed by atoms with van der Waals surface area (Å²) in [5, 5.41) is 1.12. The van der Waals surface area contributed by atoms with Gasteiger partial charge in [0.25, 0.3) is 0 Å². The number of nitrogens with zero attached hydrogens (tertiary/aromatic N) is 1. The molecule has 0 saturated carbocycles. The molecule has 0 atom stereocenters. The molecule has 0 saturated heterocycles. The lowest BCUT2D eigenvalue weighted by atomic mass is 10.1. The van der Waals surface area contributed by atoms with Gasteiger partial charge in [-0.2, -0.15) is 0 Å². The van der Waals surface area contributed by atoms with E-state index in [9.17, 15) is 0 Å². The summed E-state index contributed by atoms with van der Waals surface area (Å²) in [6.07, 6.45) is 2.11. The zero-order valence-electron chi connectivity index (χ0n) is 12.3. The molecule has 2 aromatic carbocycles. The van der Waals surface area contributed by atoms with Crippen LogP contribution in [0.15, 0.2) is 48.7 Å². The smallest absolute Gasteiger partial charge is 0.104 e. The van der Waals surface area contributed by atoms with Crippen molar-refractivity contribution in [3.63, 3.8) is 0 Å². The third-order valence-corrected chi connectivity index (χ3v) is 4.14. The summed E-state index contributed by atoms with van der Waals surface area (Å²) in [6, 6.07) is 14.8. The number of nitrogens with two attached hydrogens (primary N) is 1. The number of fused-ring (bicyclic) bond motifs is 1. The number of aryl methyl sites for hydroxylation is 2. The predicted octanol–water partition coefficient (Wildman–Crippen LogP) is 3.94. The first-order valence-corrected chi connectivity index (χ1v) is 7.41. The second-order valence-electron chi connectivity index (χ2n) is 5.48. The van der Waals surface area contributed by atoms with Gasteiger partial charge in [-0.25, -0.2) is 0 Å². The van der Waals surface area contributed by atoms with E-state index in [4.69, 9.17) is 18.0 Å². The molecule has 106 valence electrons. The van der Waals surface area contributed by atoms with Crippen LogP contribution in [-0.2, 0) is 6.54 Å². The van der Waals surface area contributed by atoms with Gasteiger partial charge in [0.2, 0.25) is 0 Å². The highest BCUT2D eigenvalue weighted by molar-refractivity contribution is 7.80. The Balaban J connectivity index is 2.08. The first-order chi connectivity index (χ1) is 10.1. The highest BCUT2D eigenvalue weighted by Crippen LogP contribution is 2.22. The summed E-state index contributed by atoms with van der Waals surface area (Å²) in [6.45, 7) is 5.14. The summed E-state index contributed by atoms with van der Waals surface area (Å²) in [7, 11) is 0. The summed E-state index contributed by atoms with van der Waals surface area (Å²) < 4.78 is 2.25. The Kier molecular flexibility index (Phi) is 3.52. The van der Waals surface area contributed by atoms with Crippen LogP contribution in [0.5, 0.6) is 0 Å². The van der Waals surface area contributed by atoms with Crippen LogP contribution in [0.25, 0.3) is 10.9 Å². The Labute approximate surface area is 130 Å². The molecule has 0 aliphatic carbocycles. The topological polar surface area (TPSA) is 30.9 Å². The third kappa shape index (κ3) is 2.57. The monoisotopic (exact) mass is 294 g/mol. The SMILES string of the molecule is Cc1ccc(C)c(Cn2ccc3c(C(N)=S)cccc32)c1. The standard InChI is InChI=1S/C18H18N2S/c1-12-6-7-13(2)14(10-12)11-20-9-8-15-16(18(19)21)4-3-5-17(15)20/h3-10H,11H2,1-2H3,(H2,19,21). The van der Waals surface area contributed by atoms with E-state index in [0.29, 0.717) is 4.99 Å². The van der Waals surface area contributed by atoms with Crippen molar-refractivity contribution in [1.82, 2.24) is 4.57 Å². The van der Waals surface area contributed by atoms with Crippen molar-refractivity contribution in [3.05, 3.63) is 70.9 Å². The normalized spacial score (nSPS) is 11.0. The molecule has 0 unspecified atom stereocenters. The molecule has 3 heteroatoms. The molecule has 3 aromatic rings. The summed E-state index contributed by atoms with van der Waals surface area (Å²) >= 11 is 5.13. The second-order valence-corrected chi connectivity index (χ2v) is 5.92. The van der Waals surface area contributed by atoms with Crippen LogP contribution in [0.1, 0.15) is 22.3 Å². The maximum Gasteiger partial charge on any atom is 0.104 e. The van der Waals surface area contributed by atoms with Gasteiger partial charge in [-0.15, -0.1) is 0 Å². The van der Waals surface area contributed by atoms with E-state index in [-0.39, 0.29) is 0 Å². The number of hydrogen-bond acceptors (Lipinski definition) is 1. The van der Waals surface area contributed by atoms with E-state index in [0.717, 1.165) is 17.5 Å². The van der Waals surface area contributed by atoms with Crippen LogP contribution < -0.4 is 5.73 Å². The van der Waals surface area contributed by atoms with Crippen molar-refractivity contribution in [2.75, 3.05) is 0 Å². The summed E-state index contributed by atoms with van der Waals surface area (Å²) in [5.41, 5.74) is 11.9. The summed E-state index contributed by atoms with van der Waals surface area (Å²) in [4.78, 5) is 0.449. The molecule has 1 aromatic heterocycles. The number of aromatic nitrogens is 1. The first kappa shape index (κ1) is 13.8. The molecule has 2 nitrogen and oxygen atoms in total. The van der Waals surface area contributed by atoms with E-state index in [2.05, 4.69) is 54.9 Å². The Hall–Kier alpha value is -2.13. The van der Waals surface area contributed by atoms with Crippen LogP contribution in [0.4, 0.5) is 0 Å². The van der Waals surface area contributed by atoms with Crippen molar-refractivity contribution in [2.24, 2.45) is 5.73 Å². The highest BCUT2D eigenvalue weighted by atomic mass is 32.1. The van der Waals surface area contributed by atoms with Gasteiger partial charge in [0.05, 0.1) is 0 Å². The Bertz CT molecular complexity index is 830. The van der Waals surface area contributed by atoms with Crippen molar-refractivity contribution in [2.45, 2.75) is 20.4 Å². The molecule has 0 amide bonds. The summed E-state index contributed by atoms with van der Waals surface area (Å²) in [5.74, 6) is 0. The lowest BCUT2D eigenvalue weighted by Crippen LogP contribution is -2.09. The number of thiocarbonyl (C=S) groups is 1. The minimum absolute atomic E-state index is 0.449. The van der Waals surface area contributed by atoms with Gasteiger partial charge in [0.1, 0.15) is 4.99 Å². The largest absolute Gasteiger partial charge is 0.389 e.